The molecule has 36 heavy (non-hydrogen) atoms. The van der Waals surface area contributed by atoms with Crippen LogP contribution < -0.4 is 0 Å². The van der Waals surface area contributed by atoms with Crippen LogP contribution in [0.15, 0.2) is 11.6 Å². The van der Waals surface area contributed by atoms with Gasteiger partial charge in [0.25, 0.3) is 0 Å². The predicted molar refractivity (Wildman–Crippen MR) is 143 cm³/mol. The van der Waals surface area contributed by atoms with Crippen molar-refractivity contribution in [1.29, 1.82) is 0 Å². The minimum Gasteiger partial charge on any atom is -0.469 e. The summed E-state index contributed by atoms with van der Waals surface area (Å²) in [6, 6.07) is 0. The first-order chi connectivity index (χ1) is 16.8. The zero-order valence-corrected chi connectivity index (χ0v) is 24.3. The van der Waals surface area contributed by atoms with Crippen molar-refractivity contribution in [2.75, 3.05) is 20.8 Å². The summed E-state index contributed by atoms with van der Waals surface area (Å²) in [5.41, 5.74) is 1.80. The molecule has 4 saturated carbocycles. The maximum atomic E-state index is 13.4. The number of hydrogen-bond donors (Lipinski definition) is 1. The fourth-order valence-corrected chi connectivity index (χ4v) is 11.2. The molecule has 5 aliphatic carbocycles. The van der Waals surface area contributed by atoms with Gasteiger partial charge in [-0.15, -0.1) is 0 Å². The molecule has 204 valence electrons. The van der Waals surface area contributed by atoms with Gasteiger partial charge in [0.05, 0.1) is 25.2 Å². The number of fused-ring (bicyclic) bond motifs is 7. The Morgan fingerprint density at radius 1 is 0.944 bits per heavy atom. The van der Waals surface area contributed by atoms with Crippen molar-refractivity contribution < 1.29 is 19.4 Å². The summed E-state index contributed by atoms with van der Waals surface area (Å²) >= 11 is 0. The van der Waals surface area contributed by atoms with Crippen molar-refractivity contribution in [2.45, 2.75) is 112 Å². The van der Waals surface area contributed by atoms with Crippen LogP contribution in [0.1, 0.15) is 106 Å². The fraction of sp³-hybridized carbons (Fsp3) is 0.906. The Hall–Kier alpha value is -0.870. The molecule has 0 bridgehead atoms. The normalized spacial score (nSPS) is 51.6. The summed E-state index contributed by atoms with van der Waals surface area (Å²) in [4.78, 5) is 13.4. The number of aliphatic hydroxyl groups excluding tert-OH is 1. The number of carbonyl (C=O) groups excluding carboxylic acids is 1. The van der Waals surface area contributed by atoms with E-state index >= 15 is 0 Å². The van der Waals surface area contributed by atoms with Gasteiger partial charge in [-0.1, -0.05) is 53.2 Å². The van der Waals surface area contributed by atoms with Crippen LogP contribution in [0.4, 0.5) is 0 Å². The first-order valence-electron chi connectivity index (χ1n) is 14.7. The van der Waals surface area contributed by atoms with E-state index in [1.807, 2.05) is 7.11 Å². The first-order valence-corrected chi connectivity index (χ1v) is 14.7. The van der Waals surface area contributed by atoms with Crippen LogP contribution in [0.5, 0.6) is 0 Å². The van der Waals surface area contributed by atoms with Crippen molar-refractivity contribution in [3.8, 4) is 0 Å². The maximum absolute atomic E-state index is 13.4. The van der Waals surface area contributed by atoms with E-state index in [1.54, 1.807) is 12.7 Å². The van der Waals surface area contributed by atoms with E-state index in [0.29, 0.717) is 17.8 Å². The highest BCUT2D eigenvalue weighted by molar-refractivity contribution is 5.78. The lowest BCUT2D eigenvalue weighted by Gasteiger charge is -2.71. The van der Waals surface area contributed by atoms with E-state index in [1.165, 1.54) is 12.8 Å². The van der Waals surface area contributed by atoms with Crippen LogP contribution in [0.2, 0.25) is 0 Å². The Bertz CT molecular complexity index is 938. The first kappa shape index (κ1) is 26.7. The number of ether oxygens (including phenoxy) is 2. The molecular formula is C32H52O4. The molecule has 4 nitrogen and oxygen atoms in total. The van der Waals surface area contributed by atoms with Crippen LogP contribution >= 0.6 is 0 Å². The fourth-order valence-electron chi connectivity index (χ4n) is 11.2. The Labute approximate surface area is 220 Å². The minimum atomic E-state index is -0.341. The molecule has 9 atom stereocenters. The number of methoxy groups -OCH3 is 2. The molecule has 1 N–H and O–H groups in total. The summed E-state index contributed by atoms with van der Waals surface area (Å²) in [6.07, 6.45) is 13.6. The highest BCUT2D eigenvalue weighted by Gasteiger charge is 2.69. The van der Waals surface area contributed by atoms with Crippen LogP contribution in [0, 0.1) is 50.2 Å². The molecule has 0 aromatic rings. The van der Waals surface area contributed by atoms with E-state index in [9.17, 15) is 9.90 Å². The Kier molecular flexibility index (Phi) is 6.17. The summed E-state index contributed by atoms with van der Waals surface area (Å²) < 4.78 is 11.5. The predicted octanol–water partition coefficient (Wildman–Crippen LogP) is 6.95. The second kappa shape index (κ2) is 8.31. The summed E-state index contributed by atoms with van der Waals surface area (Å²) in [5, 5.41) is 10.7. The van der Waals surface area contributed by atoms with Crippen molar-refractivity contribution >= 4 is 5.97 Å². The maximum Gasteiger partial charge on any atom is 0.312 e. The molecule has 1 unspecified atom stereocenters. The zero-order valence-electron chi connectivity index (χ0n) is 24.3. The highest BCUT2D eigenvalue weighted by Crippen LogP contribution is 2.75. The highest BCUT2D eigenvalue weighted by atomic mass is 16.5. The van der Waals surface area contributed by atoms with E-state index in [-0.39, 0.29) is 51.2 Å². The minimum absolute atomic E-state index is 0.0329. The van der Waals surface area contributed by atoms with E-state index < -0.39 is 0 Å². The largest absolute Gasteiger partial charge is 0.469 e. The molecular weight excluding hydrogens is 448 g/mol. The topological polar surface area (TPSA) is 55.8 Å². The van der Waals surface area contributed by atoms with Gasteiger partial charge < -0.3 is 14.6 Å². The van der Waals surface area contributed by atoms with Gasteiger partial charge in [-0.3, -0.25) is 4.79 Å². The molecule has 4 fully saturated rings. The van der Waals surface area contributed by atoms with Gasteiger partial charge in [0.1, 0.15) is 0 Å². The number of esters is 1. The van der Waals surface area contributed by atoms with Crippen molar-refractivity contribution in [2.24, 2.45) is 50.2 Å². The lowest BCUT2D eigenvalue weighted by molar-refractivity contribution is -0.221. The van der Waals surface area contributed by atoms with Crippen LogP contribution in [-0.2, 0) is 14.3 Å². The molecule has 0 heterocycles. The molecule has 4 heteroatoms. The summed E-state index contributed by atoms with van der Waals surface area (Å²) in [7, 11) is 3.41. The zero-order chi connectivity index (χ0) is 26.4. The Morgan fingerprint density at radius 3 is 2.28 bits per heavy atom. The van der Waals surface area contributed by atoms with E-state index in [2.05, 4.69) is 47.6 Å². The van der Waals surface area contributed by atoms with Crippen LogP contribution in [0.3, 0.4) is 0 Å². The van der Waals surface area contributed by atoms with Gasteiger partial charge in [-0.05, 0) is 104 Å². The van der Waals surface area contributed by atoms with Crippen molar-refractivity contribution in [3.05, 3.63) is 11.6 Å². The number of allylic oxidation sites excluding steroid dienone is 2. The average Bonchev–Trinajstić information content (AvgIpc) is 2.83. The lowest BCUT2D eigenvalue weighted by atomic mass is 9.33. The molecule has 0 spiro atoms. The van der Waals surface area contributed by atoms with Gasteiger partial charge in [0.2, 0.25) is 0 Å². The number of carbonyl (C=O) groups is 1. The Balaban J connectivity index is 1.59. The van der Waals surface area contributed by atoms with Gasteiger partial charge in [-0.25, -0.2) is 0 Å². The molecule has 0 saturated heterocycles. The quantitative estimate of drug-likeness (QED) is 0.336. The summed E-state index contributed by atoms with van der Waals surface area (Å²) in [6.45, 7) is 15.0. The van der Waals surface area contributed by atoms with Crippen molar-refractivity contribution in [1.82, 2.24) is 0 Å². The van der Waals surface area contributed by atoms with Gasteiger partial charge in [0.15, 0.2) is 0 Å². The third kappa shape index (κ3) is 3.22. The SMILES string of the molecule is COC(=O)[C@]12CCC(C)(C)C[C@@H]1C1=CC[C@@H]3[C@@]4(C)CC[C@H](OC)[C@@](C)(CO)C4CC[C@@]3(C)[C@]1(C)CC2. The smallest absolute Gasteiger partial charge is 0.312 e. The van der Waals surface area contributed by atoms with Crippen LogP contribution in [-0.4, -0.2) is 38.0 Å². The lowest BCUT2D eigenvalue weighted by Crippen LogP contribution is -2.66. The van der Waals surface area contributed by atoms with E-state index in [4.69, 9.17) is 9.47 Å². The second-order valence-electron chi connectivity index (χ2n) is 15.3. The third-order valence-corrected chi connectivity index (χ3v) is 13.6. The van der Waals surface area contributed by atoms with Gasteiger partial charge >= 0.3 is 5.97 Å². The molecule has 0 amide bonds. The average molecular weight is 501 g/mol. The monoisotopic (exact) mass is 500 g/mol. The van der Waals surface area contributed by atoms with Gasteiger partial charge in [-0.2, -0.15) is 0 Å². The second-order valence-corrected chi connectivity index (χ2v) is 15.3. The molecule has 5 aliphatic rings. The number of aliphatic hydroxyl groups is 1. The summed E-state index contributed by atoms with van der Waals surface area (Å²) in [5.74, 6) is 1.38. The third-order valence-electron chi connectivity index (χ3n) is 13.6. The van der Waals surface area contributed by atoms with E-state index in [0.717, 1.165) is 51.4 Å². The van der Waals surface area contributed by atoms with Gasteiger partial charge in [0, 0.05) is 12.5 Å². The standard InChI is InChI=1S/C32H52O4/c1-27(2)15-17-32(26(34)36-8)18-16-30(5)21(22(32)19-27)9-10-24-28(3)13-12-25(35-7)29(4,20-33)23(28)11-14-31(24,30)6/h9,22-25,33H,10-20H2,1-8H3/t22-,23?,24-,25+,28+,29+,30-,31-,32+/m1/s1. The number of rotatable bonds is 3. The molecule has 0 aliphatic heterocycles. The van der Waals surface area contributed by atoms with Crippen LogP contribution in [0.25, 0.3) is 0 Å². The molecule has 0 aromatic heterocycles. The van der Waals surface area contributed by atoms with Crippen molar-refractivity contribution in [3.63, 3.8) is 0 Å². The Morgan fingerprint density at radius 2 is 1.64 bits per heavy atom. The molecule has 5 rings (SSSR count). The molecule has 0 aromatic carbocycles. The molecule has 0 radical (unpaired) electrons. The number of hydrogen-bond acceptors (Lipinski definition) is 4.